The highest BCUT2D eigenvalue weighted by atomic mass is 16.5. The van der Waals surface area contributed by atoms with Gasteiger partial charge in [0, 0.05) is 50.0 Å². The van der Waals surface area contributed by atoms with Gasteiger partial charge in [-0.2, -0.15) is 5.10 Å². The van der Waals surface area contributed by atoms with Gasteiger partial charge in [0.2, 0.25) is 5.52 Å². The normalized spacial score (nSPS) is 14.1. The summed E-state index contributed by atoms with van der Waals surface area (Å²) in [5.41, 5.74) is 5.19. The molecule has 0 amide bonds. The molecule has 0 N–H and O–H groups in total. The average molecular weight is 520 g/mol. The zero-order valence-corrected chi connectivity index (χ0v) is 23.7. The van der Waals surface area contributed by atoms with Crippen molar-refractivity contribution in [2.75, 3.05) is 56.5 Å². The summed E-state index contributed by atoms with van der Waals surface area (Å²) in [5.74, 6) is 1.70. The molecule has 2 aromatic carbocycles. The second kappa shape index (κ2) is 13.5. The lowest BCUT2D eigenvalue weighted by Gasteiger charge is -2.31. The van der Waals surface area contributed by atoms with Gasteiger partial charge in [0.25, 0.3) is 0 Å². The summed E-state index contributed by atoms with van der Waals surface area (Å²) in [6, 6.07) is 14.8. The fraction of sp³-hybridized carbons (Fsp3) is 0.484. The number of ether oxygens (including phenoxy) is 3. The number of hydrogen-bond acceptors (Lipinski definition) is 6. The SMILES string of the molecule is CCCCOc1cc(N(C)/N=C(\C)c2cc[n+](C)c3ccccc23)c(OCCCC)cc1N1CCOCC1. The van der Waals surface area contributed by atoms with Gasteiger partial charge in [0.05, 0.1) is 43.2 Å². The molecule has 1 aromatic heterocycles. The lowest BCUT2D eigenvalue weighted by Crippen LogP contribution is -2.36. The highest BCUT2D eigenvalue weighted by Gasteiger charge is 2.22. The Bertz CT molecular complexity index is 1240. The monoisotopic (exact) mass is 519 g/mol. The first kappa shape index (κ1) is 27.7. The fourth-order valence-corrected chi connectivity index (χ4v) is 4.74. The van der Waals surface area contributed by atoms with Gasteiger partial charge in [-0.1, -0.05) is 38.8 Å². The van der Waals surface area contributed by atoms with E-state index in [9.17, 15) is 0 Å². The maximum Gasteiger partial charge on any atom is 0.212 e. The van der Waals surface area contributed by atoms with Gasteiger partial charge >= 0.3 is 0 Å². The van der Waals surface area contributed by atoms with Crippen LogP contribution >= 0.6 is 0 Å². The molecule has 0 spiro atoms. The van der Waals surface area contributed by atoms with E-state index >= 15 is 0 Å². The molecule has 4 rings (SSSR count). The molecule has 1 saturated heterocycles. The van der Waals surface area contributed by atoms with Crippen LogP contribution in [0.4, 0.5) is 11.4 Å². The van der Waals surface area contributed by atoms with Crippen molar-refractivity contribution in [2.45, 2.75) is 46.5 Å². The summed E-state index contributed by atoms with van der Waals surface area (Å²) in [7, 11) is 4.06. The van der Waals surface area contributed by atoms with Crippen molar-refractivity contribution < 1.29 is 18.8 Å². The Labute approximate surface area is 227 Å². The van der Waals surface area contributed by atoms with Crippen LogP contribution in [0.5, 0.6) is 11.5 Å². The molecule has 3 aromatic rings. The predicted molar refractivity (Wildman–Crippen MR) is 156 cm³/mol. The summed E-state index contributed by atoms with van der Waals surface area (Å²) in [6.07, 6.45) is 6.27. The number of pyridine rings is 1. The van der Waals surface area contributed by atoms with Gasteiger partial charge < -0.3 is 19.1 Å². The molecule has 1 fully saturated rings. The molecule has 0 saturated carbocycles. The van der Waals surface area contributed by atoms with Crippen LogP contribution in [0.25, 0.3) is 10.9 Å². The van der Waals surface area contributed by atoms with Crippen LogP contribution < -0.4 is 23.9 Å². The van der Waals surface area contributed by atoms with E-state index in [4.69, 9.17) is 19.3 Å². The predicted octanol–water partition coefficient (Wildman–Crippen LogP) is 5.72. The molecule has 1 aliphatic rings. The Morgan fingerprint density at radius 1 is 1.00 bits per heavy atom. The maximum atomic E-state index is 6.36. The van der Waals surface area contributed by atoms with Crippen molar-refractivity contribution >= 4 is 28.0 Å². The molecule has 7 nitrogen and oxygen atoms in total. The topological polar surface area (TPSA) is 50.4 Å². The highest BCUT2D eigenvalue weighted by Crippen LogP contribution is 2.41. The van der Waals surface area contributed by atoms with E-state index < -0.39 is 0 Å². The van der Waals surface area contributed by atoms with Gasteiger partial charge in [-0.05, 0) is 25.8 Å². The van der Waals surface area contributed by atoms with Crippen LogP contribution in [0.3, 0.4) is 0 Å². The van der Waals surface area contributed by atoms with E-state index in [1.165, 1.54) is 10.9 Å². The Morgan fingerprint density at radius 3 is 2.39 bits per heavy atom. The molecule has 1 aliphatic heterocycles. The number of benzene rings is 2. The molecule has 0 unspecified atom stereocenters. The molecule has 7 heteroatoms. The summed E-state index contributed by atoms with van der Waals surface area (Å²) in [6.45, 7) is 10.9. The molecule has 0 atom stereocenters. The van der Waals surface area contributed by atoms with Crippen LogP contribution in [0, 0.1) is 0 Å². The number of nitrogens with zero attached hydrogens (tertiary/aromatic N) is 4. The number of fused-ring (bicyclic) bond motifs is 1. The van der Waals surface area contributed by atoms with E-state index in [-0.39, 0.29) is 0 Å². The number of hydrogen-bond donors (Lipinski definition) is 0. The van der Waals surface area contributed by atoms with Gasteiger partial charge in [0.15, 0.2) is 6.20 Å². The van der Waals surface area contributed by atoms with E-state index in [1.807, 2.05) is 12.1 Å². The minimum Gasteiger partial charge on any atom is -0.491 e. The third-order valence-electron chi connectivity index (χ3n) is 6.98. The summed E-state index contributed by atoms with van der Waals surface area (Å²) >= 11 is 0. The number of anilines is 2. The van der Waals surface area contributed by atoms with E-state index in [2.05, 4.69) is 85.9 Å². The van der Waals surface area contributed by atoms with Crippen molar-refractivity contribution in [1.29, 1.82) is 0 Å². The van der Waals surface area contributed by atoms with Crippen molar-refractivity contribution in [3.8, 4) is 11.5 Å². The minimum atomic E-state index is 0.665. The number of para-hydroxylation sites is 1. The maximum absolute atomic E-state index is 6.36. The summed E-state index contributed by atoms with van der Waals surface area (Å²) in [4.78, 5) is 2.34. The quantitative estimate of drug-likeness (QED) is 0.133. The van der Waals surface area contributed by atoms with Gasteiger partial charge in [0.1, 0.15) is 24.2 Å². The van der Waals surface area contributed by atoms with Gasteiger partial charge in [-0.25, -0.2) is 4.57 Å². The first-order valence-corrected chi connectivity index (χ1v) is 14.0. The lowest BCUT2D eigenvalue weighted by atomic mass is 10.1. The lowest BCUT2D eigenvalue weighted by molar-refractivity contribution is -0.644. The number of aromatic nitrogens is 1. The first-order valence-electron chi connectivity index (χ1n) is 14.0. The fourth-order valence-electron chi connectivity index (χ4n) is 4.74. The van der Waals surface area contributed by atoms with Crippen molar-refractivity contribution in [3.63, 3.8) is 0 Å². The molecule has 38 heavy (non-hydrogen) atoms. The van der Waals surface area contributed by atoms with Crippen LogP contribution in [0.1, 0.15) is 52.0 Å². The number of hydrazone groups is 1. The Kier molecular flexibility index (Phi) is 9.82. The summed E-state index contributed by atoms with van der Waals surface area (Å²) < 4.78 is 20.5. The largest absolute Gasteiger partial charge is 0.491 e. The van der Waals surface area contributed by atoms with Crippen molar-refractivity contribution in [3.05, 3.63) is 54.2 Å². The van der Waals surface area contributed by atoms with Gasteiger partial charge in [-0.3, -0.25) is 5.01 Å². The molecule has 204 valence electrons. The molecule has 0 bridgehead atoms. The molecular formula is C31H43N4O3+. The first-order chi connectivity index (χ1) is 18.5. The van der Waals surface area contributed by atoms with Crippen LogP contribution in [0.2, 0.25) is 0 Å². The second-order valence-electron chi connectivity index (χ2n) is 9.86. The van der Waals surface area contributed by atoms with Crippen LogP contribution in [-0.4, -0.2) is 52.3 Å². The molecule has 0 radical (unpaired) electrons. The Balaban J connectivity index is 1.74. The van der Waals surface area contributed by atoms with E-state index in [0.717, 1.165) is 72.9 Å². The zero-order valence-electron chi connectivity index (χ0n) is 23.7. The van der Waals surface area contributed by atoms with E-state index in [1.54, 1.807) is 0 Å². The Hall–Kier alpha value is -3.32. The summed E-state index contributed by atoms with van der Waals surface area (Å²) in [5, 5.41) is 8.14. The van der Waals surface area contributed by atoms with E-state index in [0.29, 0.717) is 26.4 Å². The van der Waals surface area contributed by atoms with Crippen molar-refractivity contribution in [2.24, 2.45) is 12.1 Å². The second-order valence-corrected chi connectivity index (χ2v) is 9.86. The smallest absolute Gasteiger partial charge is 0.212 e. The third kappa shape index (κ3) is 6.57. The van der Waals surface area contributed by atoms with Gasteiger partial charge in [-0.15, -0.1) is 0 Å². The Morgan fingerprint density at radius 2 is 1.68 bits per heavy atom. The number of unbranched alkanes of at least 4 members (excludes halogenated alkanes) is 2. The number of aryl methyl sites for hydroxylation is 1. The third-order valence-corrected chi connectivity index (χ3v) is 6.98. The minimum absolute atomic E-state index is 0.665. The highest BCUT2D eigenvalue weighted by molar-refractivity contribution is 6.08. The number of rotatable bonds is 12. The standard InChI is InChI=1S/C31H43N4O3/c1-6-8-18-37-30-23-29(35-16-20-36-21-17-35)31(38-19-9-7-2)22-28(30)34(5)32-24(3)25-14-15-33(4)27-13-11-10-12-26(25)27/h10-15,22-23H,6-9,16-21H2,1-5H3/q+1. The molecule has 0 aliphatic carbocycles. The van der Waals surface area contributed by atoms with Crippen molar-refractivity contribution in [1.82, 2.24) is 0 Å². The molecular weight excluding hydrogens is 476 g/mol. The number of morpholine rings is 1. The molecule has 2 heterocycles. The average Bonchev–Trinajstić information content (AvgIpc) is 2.94. The van der Waals surface area contributed by atoms with Crippen LogP contribution in [0.15, 0.2) is 53.8 Å². The van der Waals surface area contributed by atoms with Crippen LogP contribution in [-0.2, 0) is 11.8 Å². The zero-order chi connectivity index (χ0) is 26.9.